The number of rotatable bonds is 3. The predicted octanol–water partition coefficient (Wildman–Crippen LogP) is 2.34. The van der Waals surface area contributed by atoms with Crippen LogP contribution in [0.2, 0.25) is 0 Å². The summed E-state index contributed by atoms with van der Waals surface area (Å²) in [5, 5.41) is 13.1. The summed E-state index contributed by atoms with van der Waals surface area (Å²) in [6.07, 6.45) is 3.64. The summed E-state index contributed by atoms with van der Waals surface area (Å²) < 4.78 is 0. The number of anilines is 1. The van der Waals surface area contributed by atoms with Crippen LogP contribution in [0.4, 0.5) is 5.13 Å². The van der Waals surface area contributed by atoms with Gasteiger partial charge in [-0.25, -0.2) is 0 Å². The summed E-state index contributed by atoms with van der Waals surface area (Å²) in [5.41, 5.74) is 2.16. The lowest BCUT2D eigenvalue weighted by atomic mass is 10.2. The van der Waals surface area contributed by atoms with Crippen molar-refractivity contribution >= 4 is 16.5 Å². The number of pyridine rings is 1. The lowest BCUT2D eigenvalue weighted by molar-refractivity contribution is 1.07. The topological polar surface area (TPSA) is 50.7 Å². The molecule has 0 aliphatic carbocycles. The maximum Gasteiger partial charge on any atom is 0.205 e. The quantitative estimate of drug-likeness (QED) is 0.862. The molecule has 5 heteroatoms. The zero-order valence-corrected chi connectivity index (χ0v) is 9.51. The van der Waals surface area contributed by atoms with E-state index in [0.717, 1.165) is 27.8 Å². The highest BCUT2D eigenvalue weighted by Crippen LogP contribution is 2.25. The van der Waals surface area contributed by atoms with Crippen molar-refractivity contribution in [1.82, 2.24) is 15.2 Å². The summed E-state index contributed by atoms with van der Waals surface area (Å²) in [7, 11) is 0. The van der Waals surface area contributed by atoms with E-state index in [1.54, 1.807) is 11.3 Å². The predicted molar refractivity (Wildman–Crippen MR) is 62.0 cm³/mol. The van der Waals surface area contributed by atoms with Gasteiger partial charge in [-0.3, -0.25) is 4.98 Å². The Morgan fingerprint density at radius 1 is 1.33 bits per heavy atom. The van der Waals surface area contributed by atoms with Crippen LogP contribution in [-0.2, 0) is 0 Å². The molecule has 0 saturated carbocycles. The molecule has 0 atom stereocenters. The highest BCUT2D eigenvalue weighted by molar-refractivity contribution is 7.18. The molecule has 0 amide bonds. The molecule has 0 aliphatic rings. The van der Waals surface area contributed by atoms with Crippen LogP contribution in [0, 0.1) is 6.92 Å². The summed E-state index contributed by atoms with van der Waals surface area (Å²) in [6, 6.07) is 2.06. The molecule has 0 aliphatic heterocycles. The second kappa shape index (κ2) is 4.35. The zero-order chi connectivity index (χ0) is 10.7. The van der Waals surface area contributed by atoms with E-state index in [1.165, 1.54) is 0 Å². The molecule has 2 aromatic heterocycles. The molecule has 4 nitrogen and oxygen atoms in total. The molecule has 0 radical (unpaired) electrons. The second-order valence-electron chi connectivity index (χ2n) is 3.19. The molecule has 0 saturated heterocycles. The lowest BCUT2D eigenvalue weighted by Crippen LogP contribution is -1.94. The third kappa shape index (κ3) is 2.30. The monoisotopic (exact) mass is 220 g/mol. The van der Waals surface area contributed by atoms with Crippen molar-refractivity contribution in [3.8, 4) is 10.6 Å². The third-order valence-corrected chi connectivity index (χ3v) is 2.80. The fraction of sp³-hybridized carbons (Fsp3) is 0.300. The standard InChI is InChI=1S/C10H12N4S/c1-3-12-10-14-13-9(15-10)8-4-7(2)5-11-6-8/h4-6H,3H2,1-2H3,(H,12,14). The van der Waals surface area contributed by atoms with Gasteiger partial charge in [0.15, 0.2) is 5.01 Å². The molecule has 0 spiro atoms. The zero-order valence-electron chi connectivity index (χ0n) is 8.69. The van der Waals surface area contributed by atoms with Crippen LogP contribution in [-0.4, -0.2) is 21.7 Å². The molecule has 2 heterocycles. The number of aromatic nitrogens is 3. The van der Waals surface area contributed by atoms with Crippen LogP contribution in [0.15, 0.2) is 18.5 Å². The average Bonchev–Trinajstić information content (AvgIpc) is 2.67. The maximum absolute atomic E-state index is 4.13. The minimum atomic E-state index is 0.856. The van der Waals surface area contributed by atoms with Crippen LogP contribution in [0.5, 0.6) is 0 Å². The highest BCUT2D eigenvalue weighted by Gasteiger charge is 2.05. The van der Waals surface area contributed by atoms with E-state index in [9.17, 15) is 0 Å². The number of nitrogens with zero attached hydrogens (tertiary/aromatic N) is 3. The van der Waals surface area contributed by atoms with E-state index < -0.39 is 0 Å². The Kier molecular flexibility index (Phi) is 2.91. The first kappa shape index (κ1) is 10.0. The number of hydrogen-bond acceptors (Lipinski definition) is 5. The van der Waals surface area contributed by atoms with Gasteiger partial charge in [-0.1, -0.05) is 11.3 Å². The molecule has 2 aromatic rings. The number of nitrogens with one attached hydrogen (secondary N) is 1. The minimum absolute atomic E-state index is 0.856. The van der Waals surface area contributed by atoms with Gasteiger partial charge in [0.2, 0.25) is 5.13 Å². The first-order valence-electron chi connectivity index (χ1n) is 4.79. The average molecular weight is 220 g/mol. The van der Waals surface area contributed by atoms with E-state index in [2.05, 4.69) is 26.6 Å². The van der Waals surface area contributed by atoms with Gasteiger partial charge in [-0.05, 0) is 25.5 Å². The summed E-state index contributed by atoms with van der Waals surface area (Å²) in [5.74, 6) is 0. The first-order valence-corrected chi connectivity index (χ1v) is 5.60. The number of aryl methyl sites for hydroxylation is 1. The van der Waals surface area contributed by atoms with E-state index in [4.69, 9.17) is 0 Å². The fourth-order valence-electron chi connectivity index (χ4n) is 1.23. The molecule has 0 aromatic carbocycles. The normalized spacial score (nSPS) is 10.3. The van der Waals surface area contributed by atoms with Gasteiger partial charge >= 0.3 is 0 Å². The lowest BCUT2D eigenvalue weighted by Gasteiger charge is -1.95. The van der Waals surface area contributed by atoms with E-state index in [1.807, 2.05) is 26.2 Å². The summed E-state index contributed by atoms with van der Waals surface area (Å²) >= 11 is 1.55. The molecular weight excluding hydrogens is 208 g/mol. The van der Waals surface area contributed by atoms with Gasteiger partial charge in [0.1, 0.15) is 0 Å². The van der Waals surface area contributed by atoms with Crippen molar-refractivity contribution < 1.29 is 0 Å². The Bertz CT molecular complexity index is 452. The van der Waals surface area contributed by atoms with Crippen LogP contribution in [0.1, 0.15) is 12.5 Å². The van der Waals surface area contributed by atoms with E-state index in [-0.39, 0.29) is 0 Å². The smallest absolute Gasteiger partial charge is 0.205 e. The second-order valence-corrected chi connectivity index (χ2v) is 4.17. The maximum atomic E-state index is 4.13. The van der Waals surface area contributed by atoms with Crippen molar-refractivity contribution in [2.24, 2.45) is 0 Å². The Morgan fingerprint density at radius 3 is 2.93 bits per heavy atom. The molecular formula is C10H12N4S. The van der Waals surface area contributed by atoms with Gasteiger partial charge in [0.05, 0.1) is 0 Å². The van der Waals surface area contributed by atoms with E-state index >= 15 is 0 Å². The van der Waals surface area contributed by atoms with Gasteiger partial charge < -0.3 is 5.32 Å². The van der Waals surface area contributed by atoms with Crippen LogP contribution in [0.3, 0.4) is 0 Å². The third-order valence-electron chi connectivity index (χ3n) is 1.87. The van der Waals surface area contributed by atoms with Crippen molar-refractivity contribution in [2.75, 3.05) is 11.9 Å². The van der Waals surface area contributed by atoms with Crippen LogP contribution in [0.25, 0.3) is 10.6 Å². The Hall–Kier alpha value is -1.49. The van der Waals surface area contributed by atoms with Crippen molar-refractivity contribution in [2.45, 2.75) is 13.8 Å². The SMILES string of the molecule is CCNc1nnc(-c2cncc(C)c2)s1. The molecule has 0 bridgehead atoms. The Labute approximate surface area is 92.4 Å². The molecule has 15 heavy (non-hydrogen) atoms. The molecule has 1 N–H and O–H groups in total. The van der Waals surface area contributed by atoms with Gasteiger partial charge in [0.25, 0.3) is 0 Å². The van der Waals surface area contributed by atoms with Crippen LogP contribution < -0.4 is 5.32 Å². The van der Waals surface area contributed by atoms with Crippen molar-refractivity contribution in [3.05, 3.63) is 24.0 Å². The summed E-state index contributed by atoms with van der Waals surface area (Å²) in [6.45, 7) is 4.92. The van der Waals surface area contributed by atoms with Gasteiger partial charge in [0, 0.05) is 24.5 Å². The fourth-order valence-corrected chi connectivity index (χ4v) is 2.03. The molecule has 2 rings (SSSR count). The summed E-state index contributed by atoms with van der Waals surface area (Å²) in [4.78, 5) is 4.13. The minimum Gasteiger partial charge on any atom is -0.360 e. The van der Waals surface area contributed by atoms with Crippen molar-refractivity contribution in [3.63, 3.8) is 0 Å². The molecule has 0 fully saturated rings. The van der Waals surface area contributed by atoms with E-state index in [0.29, 0.717) is 0 Å². The Balaban J connectivity index is 2.29. The largest absolute Gasteiger partial charge is 0.360 e. The van der Waals surface area contributed by atoms with Crippen LogP contribution >= 0.6 is 11.3 Å². The number of hydrogen-bond donors (Lipinski definition) is 1. The first-order chi connectivity index (χ1) is 7.29. The van der Waals surface area contributed by atoms with Gasteiger partial charge in [-0.15, -0.1) is 10.2 Å². The highest BCUT2D eigenvalue weighted by atomic mass is 32.1. The molecule has 0 unspecified atom stereocenters. The van der Waals surface area contributed by atoms with Crippen molar-refractivity contribution in [1.29, 1.82) is 0 Å². The molecule has 78 valence electrons. The Morgan fingerprint density at radius 2 is 2.20 bits per heavy atom. The van der Waals surface area contributed by atoms with Gasteiger partial charge in [-0.2, -0.15) is 0 Å².